The summed E-state index contributed by atoms with van der Waals surface area (Å²) < 4.78 is 23.7. The average Bonchev–Trinajstić information content (AvgIpc) is 3.56. The Bertz CT molecular complexity index is 1970. The molecule has 0 saturated heterocycles. The van der Waals surface area contributed by atoms with Crippen LogP contribution in [0.1, 0.15) is 245 Å². The van der Waals surface area contributed by atoms with E-state index in [2.05, 4.69) is 177 Å². The summed E-state index contributed by atoms with van der Waals surface area (Å²) in [5.74, 6) is -0.229. The summed E-state index contributed by atoms with van der Waals surface area (Å²) in [6, 6.07) is -0.903. The summed E-state index contributed by atoms with van der Waals surface area (Å²) >= 11 is 0. The number of rotatable bonds is 59. The highest BCUT2D eigenvalue weighted by Gasteiger charge is 2.27. The van der Waals surface area contributed by atoms with Crippen molar-refractivity contribution >= 4 is 13.7 Å². The molecular formula is C75H126N2O6P+. The van der Waals surface area contributed by atoms with Gasteiger partial charge in [0.05, 0.1) is 39.9 Å². The Morgan fingerprint density at radius 3 is 1.10 bits per heavy atom. The summed E-state index contributed by atoms with van der Waals surface area (Å²) in [5, 5.41) is 13.9. The highest BCUT2D eigenvalue weighted by atomic mass is 31.2. The third-order valence-corrected chi connectivity index (χ3v) is 14.9. The second-order valence-corrected chi connectivity index (χ2v) is 24.5. The maximum atomic E-state index is 13.0. The molecule has 0 aliphatic carbocycles. The first kappa shape index (κ1) is 79.9. The van der Waals surface area contributed by atoms with Gasteiger partial charge in [-0.2, -0.15) is 0 Å². The molecule has 0 spiro atoms. The first-order valence-corrected chi connectivity index (χ1v) is 35.0. The smallest absolute Gasteiger partial charge is 0.387 e. The van der Waals surface area contributed by atoms with E-state index < -0.39 is 20.0 Å². The SMILES string of the molecule is CC/C=C\C/C=C\C/C=C\C/C=C\C/C=C\C/C=C\C/C=C\C/C=C\C/C=C\C/C=C\C/C=C\CCCCCC(=O)NC(COP(=O)(O)OCC[N+](C)(C)C)C(O)/C=C/CC/C=C/CC/C=C/CCCCCCCCCCCCCCCCC. The van der Waals surface area contributed by atoms with Crippen LogP contribution in [0, 0.1) is 0 Å². The molecular weight excluding hydrogens is 1060 g/mol. The Labute approximate surface area is 517 Å². The molecule has 3 atom stereocenters. The van der Waals surface area contributed by atoms with Crippen LogP contribution in [0.15, 0.2) is 170 Å². The number of quaternary nitrogens is 1. The molecule has 0 aromatic carbocycles. The number of phosphoric acid groups is 1. The van der Waals surface area contributed by atoms with Crippen molar-refractivity contribution < 1.29 is 32.9 Å². The van der Waals surface area contributed by atoms with Gasteiger partial charge in [-0.15, -0.1) is 0 Å². The van der Waals surface area contributed by atoms with Crippen molar-refractivity contribution in [2.24, 2.45) is 0 Å². The Morgan fingerprint density at radius 2 is 0.726 bits per heavy atom. The number of hydrogen-bond donors (Lipinski definition) is 3. The zero-order valence-electron chi connectivity index (χ0n) is 54.3. The van der Waals surface area contributed by atoms with Crippen molar-refractivity contribution in [2.45, 2.75) is 257 Å². The largest absolute Gasteiger partial charge is 0.472 e. The van der Waals surface area contributed by atoms with Crippen molar-refractivity contribution in [3.05, 3.63) is 170 Å². The lowest BCUT2D eigenvalue weighted by Gasteiger charge is -2.25. The van der Waals surface area contributed by atoms with Crippen LogP contribution in [-0.4, -0.2) is 73.4 Å². The lowest BCUT2D eigenvalue weighted by atomic mass is 10.0. The Balaban J connectivity index is 4.32. The molecule has 1 amide bonds. The van der Waals surface area contributed by atoms with Gasteiger partial charge in [0.1, 0.15) is 13.2 Å². The number of carbonyl (C=O) groups excluding carboxylic acids is 1. The third-order valence-electron chi connectivity index (χ3n) is 13.9. The number of hydrogen-bond acceptors (Lipinski definition) is 5. The average molecular weight is 1180 g/mol. The van der Waals surface area contributed by atoms with Gasteiger partial charge in [-0.25, -0.2) is 4.57 Å². The molecule has 3 N–H and O–H groups in total. The normalized spacial score (nSPS) is 14.8. The Kier molecular flexibility index (Phi) is 60.2. The van der Waals surface area contributed by atoms with Gasteiger partial charge in [-0.05, 0) is 128 Å². The summed E-state index contributed by atoms with van der Waals surface area (Å²) in [7, 11) is 1.50. The van der Waals surface area contributed by atoms with E-state index in [9.17, 15) is 19.4 Å². The zero-order valence-corrected chi connectivity index (χ0v) is 55.2. The van der Waals surface area contributed by atoms with Crippen molar-refractivity contribution in [1.29, 1.82) is 0 Å². The molecule has 0 aromatic heterocycles. The minimum Gasteiger partial charge on any atom is -0.387 e. The number of nitrogens with zero attached hydrogens (tertiary/aromatic N) is 1. The lowest BCUT2D eigenvalue weighted by molar-refractivity contribution is -0.870. The number of aliphatic hydroxyl groups excluding tert-OH is 1. The minimum atomic E-state index is -4.39. The predicted octanol–water partition coefficient (Wildman–Crippen LogP) is 21.5. The van der Waals surface area contributed by atoms with Crippen LogP contribution in [0.3, 0.4) is 0 Å². The molecule has 0 rings (SSSR count). The number of likely N-dealkylation sites (N-methyl/N-ethyl adjacent to an activating group) is 1. The van der Waals surface area contributed by atoms with E-state index in [1.165, 1.54) is 103 Å². The molecule has 476 valence electrons. The quantitative estimate of drug-likeness (QED) is 0.0243. The van der Waals surface area contributed by atoms with Crippen molar-refractivity contribution in [2.75, 3.05) is 40.9 Å². The van der Waals surface area contributed by atoms with Crippen LogP contribution in [0.5, 0.6) is 0 Å². The molecule has 3 unspecified atom stereocenters. The highest BCUT2D eigenvalue weighted by Crippen LogP contribution is 2.43. The van der Waals surface area contributed by atoms with Crippen LogP contribution in [0.4, 0.5) is 0 Å². The standard InChI is InChI=1S/C75H125N2O6P/c1-6-8-10-12-14-16-18-20-22-24-26-28-30-32-33-34-35-36-37-38-39-40-41-42-43-45-47-49-51-53-55-57-59-61-63-65-67-69-75(79)76-73(72-83-84(80,81)82-71-70-77(3,4)5)74(78)68-66-64-62-60-58-56-54-52-50-48-46-44-31-29-27-25-23-21-19-17-15-13-11-9-7-2/h8,10,14,16,20,22,26,28,32-33,35-36,38-39,41-42,45,47,50-53,57-60,66,68,73-74,78H,6-7,9,11-13,15,17-19,21,23-25,27,29-31,34,37,40,43-44,46,48-49,54-56,61-65,67,69-72H2,1-5H3,(H-,76,79,80,81)/p+1/b10-8-,16-14-,22-20-,28-26-,33-32-,36-35-,39-38-,42-41-,47-45-,52-50+,53-51-,59-57-,60-58+,68-66+. The van der Waals surface area contributed by atoms with Crippen molar-refractivity contribution in [1.82, 2.24) is 5.32 Å². The van der Waals surface area contributed by atoms with Crippen LogP contribution in [0.25, 0.3) is 0 Å². The van der Waals surface area contributed by atoms with E-state index in [1.807, 2.05) is 27.2 Å². The Hall–Kier alpha value is -4.14. The summed E-state index contributed by atoms with van der Waals surface area (Å²) in [6.45, 7) is 4.64. The van der Waals surface area contributed by atoms with E-state index in [-0.39, 0.29) is 19.1 Å². The van der Waals surface area contributed by atoms with Gasteiger partial charge in [-0.1, -0.05) is 280 Å². The molecule has 0 heterocycles. The summed E-state index contributed by atoms with van der Waals surface area (Å²) in [6.07, 6.45) is 101. The lowest BCUT2D eigenvalue weighted by Crippen LogP contribution is -2.45. The molecule has 0 aliphatic rings. The van der Waals surface area contributed by atoms with Gasteiger partial charge in [0, 0.05) is 6.42 Å². The van der Waals surface area contributed by atoms with Gasteiger partial charge >= 0.3 is 7.82 Å². The number of amides is 1. The molecule has 9 heteroatoms. The molecule has 0 fully saturated rings. The minimum absolute atomic E-state index is 0.0371. The van der Waals surface area contributed by atoms with Crippen LogP contribution in [0.2, 0.25) is 0 Å². The molecule has 0 saturated carbocycles. The molecule has 0 radical (unpaired) electrons. The number of nitrogens with one attached hydrogen (secondary N) is 1. The van der Waals surface area contributed by atoms with Gasteiger partial charge in [0.2, 0.25) is 5.91 Å². The number of carbonyl (C=O) groups is 1. The molecule has 8 nitrogen and oxygen atoms in total. The zero-order chi connectivity index (χ0) is 61.2. The van der Waals surface area contributed by atoms with Gasteiger partial charge < -0.3 is 19.8 Å². The van der Waals surface area contributed by atoms with Gasteiger partial charge in [0.15, 0.2) is 0 Å². The van der Waals surface area contributed by atoms with E-state index >= 15 is 0 Å². The monoisotopic (exact) mass is 1180 g/mol. The van der Waals surface area contributed by atoms with Gasteiger partial charge in [-0.3, -0.25) is 13.8 Å². The fourth-order valence-electron chi connectivity index (χ4n) is 8.73. The molecule has 0 aromatic rings. The van der Waals surface area contributed by atoms with E-state index in [1.54, 1.807) is 6.08 Å². The molecule has 0 aliphatic heterocycles. The topological polar surface area (TPSA) is 105 Å². The first-order chi connectivity index (χ1) is 41.0. The molecule has 0 bridgehead atoms. The fraction of sp³-hybridized carbons (Fsp3) is 0.613. The summed E-state index contributed by atoms with van der Waals surface area (Å²) in [4.78, 5) is 23.4. The maximum absolute atomic E-state index is 13.0. The predicted molar refractivity (Wildman–Crippen MR) is 368 cm³/mol. The van der Waals surface area contributed by atoms with Crippen LogP contribution in [-0.2, 0) is 18.4 Å². The number of aliphatic hydroxyl groups is 1. The maximum Gasteiger partial charge on any atom is 0.472 e. The second kappa shape index (κ2) is 63.4. The highest BCUT2D eigenvalue weighted by molar-refractivity contribution is 7.47. The van der Waals surface area contributed by atoms with Gasteiger partial charge in [0.25, 0.3) is 0 Å². The Morgan fingerprint density at radius 1 is 0.417 bits per heavy atom. The fourth-order valence-corrected chi connectivity index (χ4v) is 9.46. The van der Waals surface area contributed by atoms with Crippen molar-refractivity contribution in [3.8, 4) is 0 Å². The molecule has 84 heavy (non-hydrogen) atoms. The first-order valence-electron chi connectivity index (χ1n) is 33.5. The summed E-state index contributed by atoms with van der Waals surface area (Å²) in [5.41, 5.74) is 0. The van der Waals surface area contributed by atoms with E-state index in [4.69, 9.17) is 9.05 Å². The van der Waals surface area contributed by atoms with E-state index in [0.717, 1.165) is 116 Å². The van der Waals surface area contributed by atoms with Crippen molar-refractivity contribution in [3.63, 3.8) is 0 Å². The van der Waals surface area contributed by atoms with E-state index in [0.29, 0.717) is 23.9 Å². The number of unbranched alkanes of at least 4 members (excludes halogenated alkanes) is 20. The van der Waals surface area contributed by atoms with Crippen LogP contribution >= 0.6 is 7.82 Å². The second-order valence-electron chi connectivity index (χ2n) is 23.1. The third kappa shape index (κ3) is 65.4. The number of allylic oxidation sites excluding steroid dienone is 27. The van der Waals surface area contributed by atoms with Crippen LogP contribution < -0.4 is 5.32 Å². The number of phosphoric ester groups is 1.